The minimum absolute atomic E-state index is 0.243. The van der Waals surface area contributed by atoms with Gasteiger partial charge in [0.2, 0.25) is 0 Å². The Morgan fingerprint density at radius 1 is 1.11 bits per heavy atom. The first-order valence-corrected chi connectivity index (χ1v) is 8.78. The van der Waals surface area contributed by atoms with Crippen LogP contribution in [0.3, 0.4) is 0 Å². The molecule has 1 aliphatic heterocycles. The number of hydrogen-bond donors (Lipinski definition) is 2. The molecule has 8 heteroatoms. The summed E-state index contributed by atoms with van der Waals surface area (Å²) < 4.78 is 1.93. The van der Waals surface area contributed by atoms with Crippen LogP contribution in [-0.2, 0) is 0 Å². The van der Waals surface area contributed by atoms with Crippen LogP contribution in [0.5, 0.6) is 0 Å². The molecule has 4 rings (SSSR count). The molecular weight excluding hydrogens is 340 g/mol. The topological polar surface area (TPSA) is 109 Å². The van der Waals surface area contributed by atoms with Crippen molar-refractivity contribution in [3.63, 3.8) is 0 Å². The highest BCUT2D eigenvalue weighted by molar-refractivity contribution is 5.54. The zero-order valence-corrected chi connectivity index (χ0v) is 14.9. The normalized spacial score (nSPS) is 19.1. The highest BCUT2D eigenvalue weighted by Crippen LogP contribution is 2.26. The van der Waals surface area contributed by atoms with Gasteiger partial charge in [-0.25, -0.2) is 15.0 Å². The summed E-state index contributed by atoms with van der Waals surface area (Å²) in [5.41, 5.74) is 8.55. The van der Waals surface area contributed by atoms with Gasteiger partial charge < -0.3 is 20.5 Å². The Kier molecular flexibility index (Phi) is 4.44. The predicted molar refractivity (Wildman–Crippen MR) is 103 cm³/mol. The lowest BCUT2D eigenvalue weighted by molar-refractivity contribution is 0.690. The molecule has 136 valence electrons. The van der Waals surface area contributed by atoms with E-state index < -0.39 is 0 Å². The lowest BCUT2D eigenvalue weighted by atomic mass is 10.2. The van der Waals surface area contributed by atoms with Gasteiger partial charge in [0.15, 0.2) is 5.69 Å². The van der Waals surface area contributed by atoms with Gasteiger partial charge in [-0.3, -0.25) is 0 Å². The van der Waals surface area contributed by atoms with E-state index in [-0.39, 0.29) is 11.7 Å². The Hall–Kier alpha value is -3.44. The maximum Gasteiger partial charge on any atom is 0.158 e. The molecule has 1 fully saturated rings. The summed E-state index contributed by atoms with van der Waals surface area (Å²) in [5.74, 6) is 1.19. The maximum absolute atomic E-state index is 8.77. The molecule has 0 spiro atoms. The number of nitrogens with one attached hydrogen (secondary N) is 1. The second-order valence-corrected chi connectivity index (χ2v) is 6.70. The van der Waals surface area contributed by atoms with Crippen LogP contribution < -0.4 is 16.0 Å². The fourth-order valence-corrected chi connectivity index (χ4v) is 3.36. The van der Waals surface area contributed by atoms with Crippen molar-refractivity contribution in [2.75, 3.05) is 16.8 Å². The minimum Gasteiger partial charge on any atom is -0.367 e. The van der Waals surface area contributed by atoms with Crippen LogP contribution in [0.2, 0.25) is 0 Å². The standard InChI is InChI=1S/C19H20N8/c1-13-6-14(21)10-27(13)17-4-2-16(3-5-17)26-11-19(24-12-26)25-18-9-22-15(7-20)8-23-18/h2-5,8-9,11-14H,6,10,21H2,1H3,(H,23,25)/t13-,14-/m1/s1. The summed E-state index contributed by atoms with van der Waals surface area (Å²) >= 11 is 0. The number of nitrogens with two attached hydrogens (primary N) is 1. The largest absolute Gasteiger partial charge is 0.367 e. The van der Waals surface area contributed by atoms with E-state index in [2.05, 4.69) is 56.4 Å². The van der Waals surface area contributed by atoms with Gasteiger partial charge in [-0.2, -0.15) is 5.26 Å². The van der Waals surface area contributed by atoms with Crippen LogP contribution >= 0.6 is 0 Å². The number of nitrogens with zero attached hydrogens (tertiary/aromatic N) is 6. The van der Waals surface area contributed by atoms with Crippen molar-refractivity contribution in [3.05, 3.63) is 54.9 Å². The van der Waals surface area contributed by atoms with Crippen LogP contribution in [0.25, 0.3) is 5.69 Å². The molecule has 0 bridgehead atoms. The molecule has 0 unspecified atom stereocenters. The first-order chi connectivity index (χ1) is 13.1. The zero-order chi connectivity index (χ0) is 18.8. The monoisotopic (exact) mass is 360 g/mol. The first-order valence-electron chi connectivity index (χ1n) is 8.78. The summed E-state index contributed by atoms with van der Waals surface area (Å²) in [7, 11) is 0. The van der Waals surface area contributed by atoms with Crippen molar-refractivity contribution in [1.29, 1.82) is 5.26 Å². The van der Waals surface area contributed by atoms with Gasteiger partial charge in [0.05, 0.1) is 18.6 Å². The Labute approximate surface area is 157 Å². The Morgan fingerprint density at radius 2 is 1.89 bits per heavy atom. The lowest BCUT2D eigenvalue weighted by Crippen LogP contribution is -2.28. The number of nitriles is 1. The molecule has 0 saturated carbocycles. The van der Waals surface area contributed by atoms with Gasteiger partial charge in [-0.1, -0.05) is 0 Å². The molecule has 2 atom stereocenters. The Balaban J connectivity index is 1.47. The van der Waals surface area contributed by atoms with Gasteiger partial charge >= 0.3 is 0 Å². The molecule has 3 N–H and O–H groups in total. The van der Waals surface area contributed by atoms with E-state index in [0.29, 0.717) is 17.7 Å². The fraction of sp³-hybridized carbons (Fsp3) is 0.263. The molecule has 0 aliphatic carbocycles. The van der Waals surface area contributed by atoms with Crippen molar-refractivity contribution < 1.29 is 0 Å². The molecule has 1 aliphatic rings. The van der Waals surface area contributed by atoms with E-state index in [1.54, 1.807) is 6.33 Å². The van der Waals surface area contributed by atoms with Crippen LogP contribution in [0.4, 0.5) is 17.3 Å². The number of imidazole rings is 1. The third-order valence-corrected chi connectivity index (χ3v) is 4.69. The summed E-state index contributed by atoms with van der Waals surface area (Å²) in [5, 5.41) is 11.8. The quantitative estimate of drug-likeness (QED) is 0.734. The maximum atomic E-state index is 8.77. The second kappa shape index (κ2) is 7.05. The number of benzene rings is 1. The zero-order valence-electron chi connectivity index (χ0n) is 14.9. The summed E-state index contributed by atoms with van der Waals surface area (Å²) in [6.07, 6.45) is 7.57. The summed E-state index contributed by atoms with van der Waals surface area (Å²) in [6, 6.07) is 11.0. The fourth-order valence-electron chi connectivity index (χ4n) is 3.36. The highest BCUT2D eigenvalue weighted by Gasteiger charge is 2.26. The van der Waals surface area contributed by atoms with E-state index in [0.717, 1.165) is 18.7 Å². The van der Waals surface area contributed by atoms with Crippen LogP contribution in [-0.4, -0.2) is 38.1 Å². The van der Waals surface area contributed by atoms with E-state index >= 15 is 0 Å². The molecule has 3 aromatic rings. The summed E-state index contributed by atoms with van der Waals surface area (Å²) in [6.45, 7) is 3.10. The summed E-state index contributed by atoms with van der Waals surface area (Å²) in [4.78, 5) is 14.8. The third kappa shape index (κ3) is 3.59. The number of hydrogen-bond acceptors (Lipinski definition) is 7. The molecule has 0 amide bonds. The minimum atomic E-state index is 0.243. The van der Waals surface area contributed by atoms with Gasteiger partial charge in [0.1, 0.15) is 24.0 Å². The molecule has 8 nitrogen and oxygen atoms in total. The number of aromatic nitrogens is 4. The average molecular weight is 360 g/mol. The van der Waals surface area contributed by atoms with E-state index in [9.17, 15) is 0 Å². The van der Waals surface area contributed by atoms with Crippen molar-refractivity contribution in [2.24, 2.45) is 5.73 Å². The van der Waals surface area contributed by atoms with E-state index in [4.69, 9.17) is 11.0 Å². The molecule has 1 aromatic carbocycles. The van der Waals surface area contributed by atoms with Crippen LogP contribution in [0.1, 0.15) is 19.0 Å². The predicted octanol–water partition coefficient (Wildman–Crippen LogP) is 2.20. The van der Waals surface area contributed by atoms with Crippen molar-refractivity contribution in [3.8, 4) is 11.8 Å². The second-order valence-electron chi connectivity index (χ2n) is 6.70. The molecule has 1 saturated heterocycles. The lowest BCUT2D eigenvalue weighted by Gasteiger charge is -2.23. The SMILES string of the molecule is C[C@@H]1C[C@@H](N)CN1c1ccc(-n2cnc(Nc3cnc(C#N)cn3)c2)cc1. The Morgan fingerprint density at radius 3 is 2.52 bits per heavy atom. The van der Waals surface area contributed by atoms with Gasteiger partial charge in [0, 0.05) is 30.0 Å². The van der Waals surface area contributed by atoms with Gasteiger partial charge in [-0.15, -0.1) is 0 Å². The van der Waals surface area contributed by atoms with E-state index in [1.807, 2.05) is 16.8 Å². The Bertz CT molecular complexity index is 955. The van der Waals surface area contributed by atoms with Crippen molar-refractivity contribution in [2.45, 2.75) is 25.4 Å². The first kappa shape index (κ1) is 17.0. The van der Waals surface area contributed by atoms with Crippen molar-refractivity contribution >= 4 is 17.3 Å². The average Bonchev–Trinajstić information content (AvgIpc) is 3.28. The molecule has 2 aromatic heterocycles. The molecule has 27 heavy (non-hydrogen) atoms. The van der Waals surface area contributed by atoms with Gasteiger partial charge in [-0.05, 0) is 37.6 Å². The molecular formula is C19H20N8. The number of anilines is 3. The van der Waals surface area contributed by atoms with Crippen LogP contribution in [0.15, 0.2) is 49.2 Å². The smallest absolute Gasteiger partial charge is 0.158 e. The highest BCUT2D eigenvalue weighted by atomic mass is 15.2. The third-order valence-electron chi connectivity index (χ3n) is 4.69. The van der Waals surface area contributed by atoms with Crippen molar-refractivity contribution in [1.82, 2.24) is 19.5 Å². The number of rotatable bonds is 4. The van der Waals surface area contributed by atoms with Gasteiger partial charge in [0.25, 0.3) is 0 Å². The van der Waals surface area contributed by atoms with E-state index in [1.165, 1.54) is 18.1 Å². The molecule has 0 radical (unpaired) electrons. The molecule has 3 heterocycles. The van der Waals surface area contributed by atoms with Crippen LogP contribution in [0, 0.1) is 11.3 Å².